The first-order valence-corrected chi connectivity index (χ1v) is 9.13. The number of nitrogens with two attached hydrogens (primary N) is 1. The average Bonchev–Trinajstić information content (AvgIpc) is 3.06. The average molecular weight is 400 g/mol. The van der Waals surface area contributed by atoms with Gasteiger partial charge in [0.2, 0.25) is 0 Å². The first-order chi connectivity index (χ1) is 13.4. The van der Waals surface area contributed by atoms with Crippen LogP contribution in [0.25, 0.3) is 10.4 Å². The highest BCUT2D eigenvalue weighted by atomic mass is 32.1. The summed E-state index contributed by atoms with van der Waals surface area (Å²) < 4.78 is 13.1. The van der Waals surface area contributed by atoms with Crippen LogP contribution < -0.4 is 16.4 Å². The highest BCUT2D eigenvalue weighted by molar-refractivity contribution is 7.19. The molecule has 1 aromatic carbocycles. The van der Waals surface area contributed by atoms with Crippen LogP contribution in [0.5, 0.6) is 0 Å². The highest BCUT2D eigenvalue weighted by Crippen LogP contribution is 2.36. The van der Waals surface area contributed by atoms with Gasteiger partial charge < -0.3 is 21.5 Å². The number of amides is 2. The third kappa shape index (κ3) is 4.83. The monoisotopic (exact) mass is 400 g/mol. The van der Waals surface area contributed by atoms with Gasteiger partial charge in [0.1, 0.15) is 16.6 Å². The molecule has 2 aromatic heterocycles. The molecule has 144 valence electrons. The fraction of sp³-hybridized carbons (Fsp3) is 0.105. The summed E-state index contributed by atoms with van der Waals surface area (Å²) in [6.07, 6.45) is -0.664. The van der Waals surface area contributed by atoms with Gasteiger partial charge >= 0.3 is 6.09 Å². The summed E-state index contributed by atoms with van der Waals surface area (Å²) in [5.41, 5.74) is 7.26. The number of carboxylic acid groups (broad SMARTS) is 1. The molecule has 0 bridgehead atoms. The number of benzene rings is 1. The molecule has 28 heavy (non-hydrogen) atoms. The maximum Gasteiger partial charge on any atom is 0.404 e. The molecule has 2 heterocycles. The minimum Gasteiger partial charge on any atom is -0.465 e. The number of thiophene rings is 1. The van der Waals surface area contributed by atoms with E-state index in [0.717, 1.165) is 10.4 Å². The van der Waals surface area contributed by atoms with Gasteiger partial charge in [0.05, 0.1) is 5.56 Å². The first kappa shape index (κ1) is 19.3. The number of nitrogens with zero attached hydrogens (tertiary/aromatic N) is 1. The maximum absolute atomic E-state index is 13.1. The van der Waals surface area contributed by atoms with E-state index in [4.69, 9.17) is 10.8 Å². The lowest BCUT2D eigenvalue weighted by molar-refractivity contribution is 0.100. The standard InChI is InChI=1S/C19H17FN4O3S/c20-12-6-4-11(5-7-12)15-10-14(17(21)25)18(28-15)24-16-3-1-2-13(23-16)8-9-22-19(26)27/h1-7,10,22H,8-9H2,(H2,21,25)(H,23,24)(H,26,27). The van der Waals surface area contributed by atoms with E-state index in [9.17, 15) is 14.0 Å². The molecule has 0 aliphatic rings. The van der Waals surface area contributed by atoms with Crippen molar-refractivity contribution >= 4 is 34.2 Å². The Morgan fingerprint density at radius 1 is 1.18 bits per heavy atom. The van der Waals surface area contributed by atoms with Crippen LogP contribution >= 0.6 is 11.3 Å². The number of aromatic nitrogens is 1. The van der Waals surface area contributed by atoms with Gasteiger partial charge in [-0.2, -0.15) is 0 Å². The number of anilines is 2. The molecule has 0 spiro atoms. The number of primary amides is 1. The van der Waals surface area contributed by atoms with E-state index in [1.807, 2.05) is 0 Å². The third-order valence-electron chi connectivity index (χ3n) is 3.83. The normalized spacial score (nSPS) is 10.5. The third-order valence-corrected chi connectivity index (χ3v) is 4.93. The number of hydrogen-bond acceptors (Lipinski definition) is 5. The predicted octanol–water partition coefficient (Wildman–Crippen LogP) is 3.60. The van der Waals surface area contributed by atoms with Crippen molar-refractivity contribution in [2.45, 2.75) is 6.42 Å². The zero-order valence-corrected chi connectivity index (χ0v) is 15.4. The Balaban J connectivity index is 1.82. The lowest BCUT2D eigenvalue weighted by atomic mass is 10.1. The molecule has 0 aliphatic carbocycles. The molecule has 0 aliphatic heterocycles. The Morgan fingerprint density at radius 3 is 2.61 bits per heavy atom. The van der Waals surface area contributed by atoms with Crippen molar-refractivity contribution in [1.29, 1.82) is 0 Å². The minimum atomic E-state index is -1.09. The summed E-state index contributed by atoms with van der Waals surface area (Å²) >= 11 is 1.30. The van der Waals surface area contributed by atoms with Crippen molar-refractivity contribution in [2.24, 2.45) is 5.73 Å². The van der Waals surface area contributed by atoms with Gasteiger partial charge in [-0.1, -0.05) is 18.2 Å². The Kier molecular flexibility index (Phi) is 5.85. The van der Waals surface area contributed by atoms with Gasteiger partial charge in [-0.05, 0) is 35.9 Å². The predicted molar refractivity (Wildman–Crippen MR) is 105 cm³/mol. The van der Waals surface area contributed by atoms with Crippen LogP contribution in [0, 0.1) is 5.82 Å². The molecule has 7 nitrogen and oxygen atoms in total. The van der Waals surface area contributed by atoms with Gasteiger partial charge in [0.15, 0.2) is 0 Å². The van der Waals surface area contributed by atoms with Gasteiger partial charge in [-0.25, -0.2) is 14.2 Å². The van der Waals surface area contributed by atoms with Crippen molar-refractivity contribution < 1.29 is 19.1 Å². The first-order valence-electron chi connectivity index (χ1n) is 8.31. The molecule has 0 unspecified atom stereocenters. The van der Waals surface area contributed by atoms with E-state index >= 15 is 0 Å². The minimum absolute atomic E-state index is 0.242. The molecule has 5 N–H and O–H groups in total. The summed E-state index contributed by atoms with van der Waals surface area (Å²) in [4.78, 5) is 27.5. The van der Waals surface area contributed by atoms with Crippen LogP contribution in [0.2, 0.25) is 0 Å². The molecular weight excluding hydrogens is 383 g/mol. The highest BCUT2D eigenvalue weighted by Gasteiger charge is 2.15. The molecule has 0 radical (unpaired) electrons. The van der Waals surface area contributed by atoms with Crippen molar-refractivity contribution in [2.75, 3.05) is 11.9 Å². The lowest BCUT2D eigenvalue weighted by Gasteiger charge is -2.07. The van der Waals surface area contributed by atoms with E-state index in [1.54, 1.807) is 36.4 Å². The van der Waals surface area contributed by atoms with Gasteiger partial charge in [0, 0.05) is 23.5 Å². The van der Waals surface area contributed by atoms with E-state index in [0.29, 0.717) is 28.5 Å². The fourth-order valence-corrected chi connectivity index (χ4v) is 3.60. The molecule has 2 amide bonds. The summed E-state index contributed by atoms with van der Waals surface area (Å²) in [5.74, 6) is -0.427. The van der Waals surface area contributed by atoms with Gasteiger partial charge in [0.25, 0.3) is 5.91 Å². The van der Waals surface area contributed by atoms with Crippen LogP contribution in [0.3, 0.4) is 0 Å². The molecular formula is C19H17FN4O3S. The zero-order chi connectivity index (χ0) is 20.1. The van der Waals surface area contributed by atoms with Crippen molar-refractivity contribution in [3.05, 3.63) is 65.6 Å². The van der Waals surface area contributed by atoms with Crippen LogP contribution in [0.15, 0.2) is 48.5 Å². The molecule has 0 fully saturated rings. The lowest BCUT2D eigenvalue weighted by Crippen LogP contribution is -2.23. The van der Waals surface area contributed by atoms with Crippen LogP contribution in [0.4, 0.5) is 20.0 Å². The summed E-state index contributed by atoms with van der Waals surface area (Å²) in [5, 5.41) is 14.5. The molecule has 9 heteroatoms. The summed E-state index contributed by atoms with van der Waals surface area (Å²) in [6, 6.07) is 12.9. The van der Waals surface area contributed by atoms with E-state index in [-0.39, 0.29) is 12.4 Å². The van der Waals surface area contributed by atoms with E-state index in [1.165, 1.54) is 23.5 Å². The largest absolute Gasteiger partial charge is 0.465 e. The SMILES string of the molecule is NC(=O)c1cc(-c2ccc(F)cc2)sc1Nc1cccc(CCNC(=O)O)n1. The van der Waals surface area contributed by atoms with Crippen molar-refractivity contribution in [1.82, 2.24) is 10.3 Å². The molecule has 0 saturated heterocycles. The van der Waals surface area contributed by atoms with Crippen LogP contribution in [-0.2, 0) is 6.42 Å². The number of carbonyl (C=O) groups is 2. The number of halogens is 1. The fourth-order valence-electron chi connectivity index (χ4n) is 2.53. The number of rotatable bonds is 7. The molecule has 0 atom stereocenters. The number of nitrogens with one attached hydrogen (secondary N) is 2. The zero-order valence-electron chi connectivity index (χ0n) is 14.6. The van der Waals surface area contributed by atoms with Crippen molar-refractivity contribution in [3.63, 3.8) is 0 Å². The molecule has 0 saturated carbocycles. The Bertz CT molecular complexity index is 1000. The Hall–Kier alpha value is -3.46. The second-order valence-electron chi connectivity index (χ2n) is 5.85. The van der Waals surface area contributed by atoms with E-state index in [2.05, 4.69) is 15.6 Å². The Morgan fingerprint density at radius 2 is 1.93 bits per heavy atom. The quantitative estimate of drug-likeness (QED) is 0.483. The summed E-state index contributed by atoms with van der Waals surface area (Å²) in [7, 11) is 0. The second-order valence-corrected chi connectivity index (χ2v) is 6.90. The molecule has 3 rings (SSSR count). The number of carbonyl (C=O) groups excluding carboxylic acids is 1. The van der Waals surface area contributed by atoms with Crippen LogP contribution in [0.1, 0.15) is 16.1 Å². The van der Waals surface area contributed by atoms with Gasteiger partial charge in [-0.3, -0.25) is 4.79 Å². The van der Waals surface area contributed by atoms with E-state index < -0.39 is 12.0 Å². The second kappa shape index (κ2) is 8.49. The smallest absolute Gasteiger partial charge is 0.404 e. The topological polar surface area (TPSA) is 117 Å². The van der Waals surface area contributed by atoms with Gasteiger partial charge in [-0.15, -0.1) is 11.3 Å². The molecule has 3 aromatic rings. The van der Waals surface area contributed by atoms with Crippen molar-refractivity contribution in [3.8, 4) is 10.4 Å². The maximum atomic E-state index is 13.1. The summed E-state index contributed by atoms with van der Waals surface area (Å²) in [6.45, 7) is 0.242. The number of pyridine rings is 1. The number of hydrogen-bond donors (Lipinski definition) is 4. The Labute approximate surface area is 164 Å². The van der Waals surface area contributed by atoms with Crippen LogP contribution in [-0.4, -0.2) is 28.6 Å².